The molecule has 0 bridgehead atoms. The summed E-state index contributed by atoms with van der Waals surface area (Å²) in [7, 11) is 0. The van der Waals surface area contributed by atoms with Gasteiger partial charge in [-0.05, 0) is 39.0 Å². The topological polar surface area (TPSA) is 78.9 Å². The number of carbonyl (C=O) groups excluding carboxylic acids is 3. The molecule has 0 aromatic carbocycles. The van der Waals surface area contributed by atoms with E-state index in [9.17, 15) is 14.4 Å². The highest BCUT2D eigenvalue weighted by molar-refractivity contribution is 6.00. The molecule has 0 aromatic heterocycles. The van der Waals surface area contributed by atoms with Crippen LogP contribution < -0.4 is 0 Å². The van der Waals surface area contributed by atoms with Crippen LogP contribution in [0.1, 0.15) is 33.1 Å². The Morgan fingerprint density at radius 2 is 1.86 bits per heavy atom. The molecule has 2 rings (SSSR count). The van der Waals surface area contributed by atoms with Crippen molar-refractivity contribution in [2.24, 2.45) is 17.3 Å². The molecule has 1 aliphatic carbocycles. The van der Waals surface area contributed by atoms with Gasteiger partial charge in [0.2, 0.25) is 0 Å². The van der Waals surface area contributed by atoms with Gasteiger partial charge in [0.1, 0.15) is 6.61 Å². The maximum atomic E-state index is 12.5. The van der Waals surface area contributed by atoms with Gasteiger partial charge >= 0.3 is 17.9 Å². The molecule has 0 amide bonds. The number of allylic oxidation sites excluding steroid dienone is 1. The van der Waals surface area contributed by atoms with Crippen molar-refractivity contribution >= 4 is 17.9 Å². The number of cyclic esters (lactones) is 1. The Morgan fingerprint density at radius 3 is 2.45 bits per heavy atom. The van der Waals surface area contributed by atoms with Crippen molar-refractivity contribution in [1.82, 2.24) is 0 Å². The predicted octanol–water partition coefficient (Wildman–Crippen LogP) is 1.63. The Hall–Kier alpha value is -1.85. The molecule has 1 saturated carbocycles. The second kappa shape index (κ2) is 6.94. The molecule has 122 valence electrons. The van der Waals surface area contributed by atoms with Crippen LogP contribution in [-0.4, -0.2) is 37.7 Å². The van der Waals surface area contributed by atoms with Crippen LogP contribution in [0.25, 0.3) is 0 Å². The number of hydrogen-bond donors (Lipinski definition) is 0. The lowest BCUT2D eigenvalue weighted by molar-refractivity contribution is -0.173. The van der Waals surface area contributed by atoms with Crippen LogP contribution in [0.2, 0.25) is 0 Å². The molecule has 6 nitrogen and oxygen atoms in total. The third-order valence-corrected chi connectivity index (χ3v) is 4.12. The van der Waals surface area contributed by atoms with E-state index >= 15 is 0 Å². The van der Waals surface area contributed by atoms with E-state index < -0.39 is 17.4 Å². The van der Waals surface area contributed by atoms with Crippen molar-refractivity contribution in [2.75, 3.05) is 19.8 Å². The minimum absolute atomic E-state index is 0.0344. The van der Waals surface area contributed by atoms with Gasteiger partial charge in [0.05, 0.1) is 19.1 Å². The van der Waals surface area contributed by atoms with E-state index in [0.29, 0.717) is 6.42 Å². The second-order valence-corrected chi connectivity index (χ2v) is 5.64. The monoisotopic (exact) mass is 310 g/mol. The molecule has 0 radical (unpaired) electrons. The quantitative estimate of drug-likeness (QED) is 0.340. The first kappa shape index (κ1) is 16.5. The predicted molar refractivity (Wildman–Crippen MR) is 76.6 cm³/mol. The van der Waals surface area contributed by atoms with Crippen LogP contribution >= 0.6 is 0 Å². The summed E-state index contributed by atoms with van der Waals surface area (Å²) in [6.45, 7) is 3.94. The lowest BCUT2D eigenvalue weighted by atomic mass is 9.78. The van der Waals surface area contributed by atoms with Gasteiger partial charge in [-0.25, -0.2) is 0 Å². The molecule has 0 aromatic rings. The van der Waals surface area contributed by atoms with E-state index in [0.717, 1.165) is 0 Å². The Labute approximate surface area is 129 Å². The molecule has 6 heteroatoms. The Balaban J connectivity index is 2.30. The van der Waals surface area contributed by atoms with Crippen molar-refractivity contribution in [1.29, 1.82) is 0 Å². The number of fused-ring (bicyclic) bond motifs is 1. The van der Waals surface area contributed by atoms with Crippen molar-refractivity contribution in [2.45, 2.75) is 33.1 Å². The second-order valence-electron chi connectivity index (χ2n) is 5.64. The third-order valence-electron chi connectivity index (χ3n) is 4.12. The summed E-state index contributed by atoms with van der Waals surface area (Å²) in [5.74, 6) is -1.67. The van der Waals surface area contributed by atoms with Gasteiger partial charge in [-0.2, -0.15) is 0 Å². The first-order valence-electron chi connectivity index (χ1n) is 7.71. The summed E-state index contributed by atoms with van der Waals surface area (Å²) < 4.78 is 15.3. The molecule has 0 spiro atoms. The van der Waals surface area contributed by atoms with E-state index in [2.05, 4.69) is 0 Å². The summed E-state index contributed by atoms with van der Waals surface area (Å²) in [6, 6.07) is 0. The van der Waals surface area contributed by atoms with Gasteiger partial charge in [-0.15, -0.1) is 0 Å². The zero-order valence-electron chi connectivity index (χ0n) is 13.0. The van der Waals surface area contributed by atoms with E-state index in [4.69, 9.17) is 14.2 Å². The standard InChI is InChI=1S/C16H22O6/c1-3-20-14(18)16(15(19)21-4-2)7-5-6-8-22-13(17)12-9-11(12)10-16/h5-6,11-12H,3-4,7-10H2,1-2H3/b6-5-/t11-,12+/m1/s1. The summed E-state index contributed by atoms with van der Waals surface area (Å²) >= 11 is 0. The Kier molecular flexibility index (Phi) is 5.21. The molecule has 2 atom stereocenters. The largest absolute Gasteiger partial charge is 0.465 e. The van der Waals surface area contributed by atoms with Crippen LogP contribution in [0.3, 0.4) is 0 Å². The van der Waals surface area contributed by atoms with Crippen LogP contribution in [0, 0.1) is 17.3 Å². The smallest absolute Gasteiger partial charge is 0.323 e. The van der Waals surface area contributed by atoms with Crippen LogP contribution in [0.4, 0.5) is 0 Å². The number of rotatable bonds is 4. The summed E-state index contributed by atoms with van der Waals surface area (Å²) in [5.41, 5.74) is -1.36. The van der Waals surface area contributed by atoms with Crippen molar-refractivity contribution in [3.8, 4) is 0 Å². The van der Waals surface area contributed by atoms with E-state index in [1.807, 2.05) is 0 Å². The number of carbonyl (C=O) groups is 3. The third kappa shape index (κ3) is 3.31. The first-order chi connectivity index (χ1) is 10.5. The van der Waals surface area contributed by atoms with Crippen LogP contribution in [0.15, 0.2) is 12.2 Å². The highest BCUT2D eigenvalue weighted by Crippen LogP contribution is 2.49. The van der Waals surface area contributed by atoms with E-state index in [1.165, 1.54) is 0 Å². The minimum atomic E-state index is -1.36. The Morgan fingerprint density at radius 1 is 1.23 bits per heavy atom. The highest BCUT2D eigenvalue weighted by Gasteiger charge is 2.56. The normalized spacial score (nSPS) is 27.8. The molecule has 0 unspecified atom stereocenters. The molecule has 0 N–H and O–H groups in total. The van der Waals surface area contributed by atoms with E-state index in [1.54, 1.807) is 26.0 Å². The van der Waals surface area contributed by atoms with Gasteiger partial charge in [0.25, 0.3) is 0 Å². The molecule has 1 fully saturated rings. The van der Waals surface area contributed by atoms with Crippen molar-refractivity contribution in [3.63, 3.8) is 0 Å². The van der Waals surface area contributed by atoms with Crippen LogP contribution in [0.5, 0.6) is 0 Å². The van der Waals surface area contributed by atoms with E-state index in [-0.39, 0.29) is 50.5 Å². The summed E-state index contributed by atoms with van der Waals surface area (Å²) in [5, 5.41) is 0. The first-order valence-corrected chi connectivity index (χ1v) is 7.71. The summed E-state index contributed by atoms with van der Waals surface area (Å²) in [6.07, 6.45) is 4.43. The lowest BCUT2D eigenvalue weighted by Crippen LogP contribution is -2.42. The fourth-order valence-electron chi connectivity index (χ4n) is 2.84. The van der Waals surface area contributed by atoms with Gasteiger partial charge in [-0.3, -0.25) is 14.4 Å². The van der Waals surface area contributed by atoms with Crippen molar-refractivity contribution < 1.29 is 28.6 Å². The average molecular weight is 310 g/mol. The zero-order chi connectivity index (χ0) is 16.2. The SMILES string of the molecule is CCOC(=O)C1(C(=O)OCC)C/C=C\COC(=O)[C@H]2C[C@@H]2C1. The molecular weight excluding hydrogens is 288 g/mol. The van der Waals surface area contributed by atoms with Gasteiger partial charge in [-0.1, -0.05) is 12.2 Å². The average Bonchev–Trinajstić information content (AvgIpc) is 3.25. The number of hydrogen-bond acceptors (Lipinski definition) is 6. The van der Waals surface area contributed by atoms with Gasteiger partial charge < -0.3 is 14.2 Å². The number of ether oxygens (including phenoxy) is 3. The maximum absolute atomic E-state index is 12.5. The fraction of sp³-hybridized carbons (Fsp3) is 0.688. The number of esters is 3. The summed E-state index contributed by atoms with van der Waals surface area (Å²) in [4.78, 5) is 36.7. The molecule has 2 aliphatic rings. The zero-order valence-corrected chi connectivity index (χ0v) is 13.0. The van der Waals surface area contributed by atoms with Crippen molar-refractivity contribution in [3.05, 3.63) is 12.2 Å². The van der Waals surface area contributed by atoms with Gasteiger partial charge in [0, 0.05) is 0 Å². The molecule has 0 saturated heterocycles. The molecule has 1 heterocycles. The molecular formula is C16H22O6. The lowest BCUT2D eigenvalue weighted by Gasteiger charge is -2.28. The Bertz CT molecular complexity index is 463. The van der Waals surface area contributed by atoms with Gasteiger partial charge in [0.15, 0.2) is 5.41 Å². The van der Waals surface area contributed by atoms with Crippen LogP contribution in [-0.2, 0) is 28.6 Å². The fourth-order valence-corrected chi connectivity index (χ4v) is 2.84. The maximum Gasteiger partial charge on any atom is 0.323 e. The minimum Gasteiger partial charge on any atom is -0.465 e. The molecule has 22 heavy (non-hydrogen) atoms. The highest BCUT2D eigenvalue weighted by atomic mass is 16.6. The molecule has 1 aliphatic heterocycles.